The van der Waals surface area contributed by atoms with Crippen molar-refractivity contribution in [2.24, 2.45) is 0 Å². The van der Waals surface area contributed by atoms with E-state index >= 15 is 0 Å². The number of carboxylic acid groups (broad SMARTS) is 1. The lowest BCUT2D eigenvalue weighted by molar-refractivity contribution is -0.245. The van der Waals surface area contributed by atoms with Crippen LogP contribution in [0.5, 0.6) is 0 Å². The van der Waals surface area contributed by atoms with E-state index in [0.717, 1.165) is 32.8 Å². The Balaban J connectivity index is 1.42. The fourth-order valence-electron chi connectivity index (χ4n) is 4.35. The molecular formula is C31H34N2O7S. The minimum Gasteiger partial charge on any atom is -0.481 e. The third-order valence-corrected chi connectivity index (χ3v) is 7.68. The van der Waals surface area contributed by atoms with Gasteiger partial charge in [-0.25, -0.2) is 0 Å². The summed E-state index contributed by atoms with van der Waals surface area (Å²) < 4.78 is 12.8. The summed E-state index contributed by atoms with van der Waals surface area (Å²) in [5.74, 6) is -0.726. The number of hydrogen-bond acceptors (Lipinski definition) is 7. The largest absolute Gasteiger partial charge is 0.481 e. The van der Waals surface area contributed by atoms with Crippen LogP contribution in [0, 0.1) is 0 Å². The van der Waals surface area contributed by atoms with Crippen molar-refractivity contribution in [3.8, 4) is 0 Å². The molecule has 0 saturated carbocycles. The number of carbonyl (C=O) groups is 3. The standard InChI is InChI=1S/C31H34N2O7S/c1-20(35)33-25-10-12-27(13-11-25)41-19-26-16-28(23-6-4-22(18-34)5-7-23)40-31(39-26)24-8-2-21(3-9-24)17-32-29(36)14-15-30(37)38/h2-13,26,28,31,34H,14-19H2,1H3,(H,32,36)(H,33,35)(H,37,38)/t26-,28+,31+/m0/s1. The van der Waals surface area contributed by atoms with Crippen LogP contribution in [0.15, 0.2) is 77.7 Å². The summed E-state index contributed by atoms with van der Waals surface area (Å²) in [5, 5.41) is 23.7. The molecule has 1 saturated heterocycles. The summed E-state index contributed by atoms with van der Waals surface area (Å²) in [7, 11) is 0. The molecule has 0 bridgehead atoms. The molecule has 10 heteroatoms. The van der Waals surface area contributed by atoms with Gasteiger partial charge in [0.1, 0.15) is 0 Å². The number of aliphatic hydroxyl groups is 1. The minimum atomic E-state index is -1.00. The van der Waals surface area contributed by atoms with E-state index in [1.807, 2.05) is 72.8 Å². The monoisotopic (exact) mass is 578 g/mol. The van der Waals surface area contributed by atoms with Gasteiger partial charge in [0.2, 0.25) is 11.8 Å². The van der Waals surface area contributed by atoms with Gasteiger partial charge in [0.05, 0.1) is 25.2 Å². The van der Waals surface area contributed by atoms with Gasteiger partial charge < -0.3 is 30.3 Å². The molecule has 216 valence electrons. The van der Waals surface area contributed by atoms with E-state index in [4.69, 9.17) is 14.6 Å². The fraction of sp³-hybridized carbons (Fsp3) is 0.323. The fourth-order valence-corrected chi connectivity index (χ4v) is 5.27. The summed E-state index contributed by atoms with van der Waals surface area (Å²) in [6.07, 6.45) is -0.513. The van der Waals surface area contributed by atoms with E-state index in [0.29, 0.717) is 18.7 Å². The van der Waals surface area contributed by atoms with E-state index in [1.54, 1.807) is 11.8 Å². The SMILES string of the molecule is CC(=O)Nc1ccc(SC[C@@H]2C[C@H](c3ccc(CO)cc3)O[C@H](c3ccc(CNC(=O)CCC(=O)O)cc3)O2)cc1. The van der Waals surface area contributed by atoms with E-state index < -0.39 is 12.3 Å². The first kappa shape index (κ1) is 30.3. The van der Waals surface area contributed by atoms with Crippen molar-refractivity contribution in [3.05, 3.63) is 95.1 Å². The number of ether oxygens (including phenoxy) is 2. The number of amides is 2. The van der Waals surface area contributed by atoms with Gasteiger partial charge >= 0.3 is 5.97 Å². The van der Waals surface area contributed by atoms with Gasteiger partial charge in [0.15, 0.2) is 6.29 Å². The molecule has 0 aromatic heterocycles. The Hall–Kier alpha value is -3.70. The Morgan fingerprint density at radius 2 is 1.54 bits per heavy atom. The lowest BCUT2D eigenvalue weighted by Crippen LogP contribution is -2.31. The number of anilines is 1. The van der Waals surface area contributed by atoms with Crippen LogP contribution in [0.25, 0.3) is 0 Å². The third-order valence-electron chi connectivity index (χ3n) is 6.53. The van der Waals surface area contributed by atoms with Crippen molar-refractivity contribution in [3.63, 3.8) is 0 Å². The summed E-state index contributed by atoms with van der Waals surface area (Å²) in [6.45, 7) is 1.75. The zero-order valence-corrected chi connectivity index (χ0v) is 23.6. The average Bonchev–Trinajstić information content (AvgIpc) is 2.98. The molecule has 2 amide bonds. The molecule has 0 spiro atoms. The molecule has 1 heterocycles. The number of aliphatic hydroxyl groups excluding tert-OH is 1. The maximum atomic E-state index is 11.9. The number of benzene rings is 3. The average molecular weight is 579 g/mol. The molecule has 1 aliphatic heterocycles. The third kappa shape index (κ3) is 9.43. The highest BCUT2D eigenvalue weighted by Crippen LogP contribution is 2.39. The van der Waals surface area contributed by atoms with Crippen molar-refractivity contribution in [2.75, 3.05) is 11.1 Å². The first-order chi connectivity index (χ1) is 19.8. The van der Waals surface area contributed by atoms with Crippen LogP contribution < -0.4 is 10.6 Å². The van der Waals surface area contributed by atoms with Gasteiger partial charge in [-0.15, -0.1) is 11.8 Å². The molecule has 41 heavy (non-hydrogen) atoms. The topological polar surface area (TPSA) is 134 Å². The lowest BCUT2D eigenvalue weighted by Gasteiger charge is -2.36. The van der Waals surface area contributed by atoms with Gasteiger partial charge in [-0.05, 0) is 41.0 Å². The van der Waals surface area contributed by atoms with E-state index in [2.05, 4.69) is 10.6 Å². The summed E-state index contributed by atoms with van der Waals surface area (Å²) >= 11 is 1.67. The first-order valence-corrected chi connectivity index (χ1v) is 14.4. The molecule has 4 N–H and O–H groups in total. The molecule has 3 atom stereocenters. The predicted octanol–water partition coefficient (Wildman–Crippen LogP) is 4.96. The summed E-state index contributed by atoms with van der Waals surface area (Å²) in [4.78, 5) is 34.9. The molecule has 3 aromatic carbocycles. The Bertz CT molecular complexity index is 1310. The molecule has 1 fully saturated rings. The number of nitrogens with one attached hydrogen (secondary N) is 2. The normalized spacial score (nSPS) is 18.4. The van der Waals surface area contributed by atoms with Gasteiger partial charge in [-0.3, -0.25) is 14.4 Å². The number of carbonyl (C=O) groups excluding carboxylic acids is 2. The molecule has 3 aromatic rings. The van der Waals surface area contributed by atoms with Crippen molar-refractivity contribution in [1.82, 2.24) is 5.32 Å². The summed E-state index contributed by atoms with van der Waals surface area (Å²) in [6, 6.07) is 23.0. The highest BCUT2D eigenvalue weighted by molar-refractivity contribution is 7.99. The van der Waals surface area contributed by atoms with Crippen LogP contribution in [0.4, 0.5) is 5.69 Å². The zero-order chi connectivity index (χ0) is 29.2. The Kier molecular flexibility index (Phi) is 10.9. The van der Waals surface area contributed by atoms with Crippen molar-refractivity contribution in [2.45, 2.75) is 62.7 Å². The van der Waals surface area contributed by atoms with Crippen molar-refractivity contribution >= 4 is 35.2 Å². The number of rotatable bonds is 12. The predicted molar refractivity (Wildman–Crippen MR) is 155 cm³/mol. The van der Waals surface area contributed by atoms with E-state index in [9.17, 15) is 19.5 Å². The molecule has 9 nitrogen and oxygen atoms in total. The van der Waals surface area contributed by atoms with Crippen LogP contribution in [0.2, 0.25) is 0 Å². The van der Waals surface area contributed by atoms with Crippen LogP contribution in [0.3, 0.4) is 0 Å². The maximum Gasteiger partial charge on any atom is 0.303 e. The maximum absolute atomic E-state index is 11.9. The lowest BCUT2D eigenvalue weighted by atomic mass is 10.0. The summed E-state index contributed by atoms with van der Waals surface area (Å²) in [5.41, 5.74) is 4.30. The molecule has 0 unspecified atom stereocenters. The van der Waals surface area contributed by atoms with Crippen LogP contribution in [-0.4, -0.2) is 39.9 Å². The smallest absolute Gasteiger partial charge is 0.303 e. The quantitative estimate of drug-likeness (QED) is 0.222. The van der Waals surface area contributed by atoms with E-state index in [1.165, 1.54) is 6.92 Å². The second-order valence-electron chi connectivity index (χ2n) is 9.78. The van der Waals surface area contributed by atoms with Gasteiger partial charge in [0.25, 0.3) is 0 Å². The molecule has 0 aliphatic carbocycles. The molecule has 4 rings (SSSR count). The van der Waals surface area contributed by atoms with Crippen LogP contribution in [0.1, 0.15) is 60.8 Å². The Labute approximate surface area is 243 Å². The Morgan fingerprint density at radius 3 is 2.17 bits per heavy atom. The Morgan fingerprint density at radius 1 is 0.878 bits per heavy atom. The molecule has 0 radical (unpaired) electrons. The van der Waals surface area contributed by atoms with E-state index in [-0.39, 0.29) is 43.5 Å². The number of carboxylic acids is 1. The molecule has 1 aliphatic rings. The van der Waals surface area contributed by atoms with Crippen molar-refractivity contribution in [1.29, 1.82) is 0 Å². The van der Waals surface area contributed by atoms with Gasteiger partial charge in [-0.1, -0.05) is 48.5 Å². The van der Waals surface area contributed by atoms with Gasteiger partial charge in [0, 0.05) is 48.2 Å². The highest BCUT2D eigenvalue weighted by atomic mass is 32.2. The van der Waals surface area contributed by atoms with Crippen LogP contribution >= 0.6 is 11.8 Å². The minimum absolute atomic E-state index is 0.0239. The first-order valence-electron chi connectivity index (χ1n) is 13.4. The molecular weight excluding hydrogens is 544 g/mol. The second kappa shape index (κ2) is 14.8. The van der Waals surface area contributed by atoms with Gasteiger partial charge in [-0.2, -0.15) is 0 Å². The number of thioether (sulfide) groups is 1. The number of hydrogen-bond donors (Lipinski definition) is 4. The highest BCUT2D eigenvalue weighted by Gasteiger charge is 2.32. The number of aliphatic carboxylic acids is 1. The van der Waals surface area contributed by atoms with Crippen LogP contribution in [-0.2, 0) is 37.0 Å². The van der Waals surface area contributed by atoms with Crippen molar-refractivity contribution < 1.29 is 34.1 Å². The zero-order valence-electron chi connectivity index (χ0n) is 22.7. The second-order valence-corrected chi connectivity index (χ2v) is 10.9.